The molecule has 0 aliphatic rings. The zero-order valence-corrected chi connectivity index (χ0v) is 18.8. The average molecular weight is 490 g/mol. The van der Waals surface area contributed by atoms with Crippen LogP contribution in [0.2, 0.25) is 0 Å². The molecule has 3 rings (SSSR count). The van der Waals surface area contributed by atoms with Gasteiger partial charge in [0.2, 0.25) is 0 Å². The van der Waals surface area contributed by atoms with Crippen LogP contribution in [-0.4, -0.2) is 34.3 Å². The van der Waals surface area contributed by atoms with Crippen LogP contribution in [0.25, 0.3) is 5.82 Å². The van der Waals surface area contributed by atoms with Gasteiger partial charge in [0.15, 0.2) is 11.8 Å². The number of pyridine rings is 1. The Labute approximate surface area is 183 Å². The van der Waals surface area contributed by atoms with Gasteiger partial charge in [-0.3, -0.25) is 4.99 Å². The Kier molecular flexibility index (Phi) is 8.43. The monoisotopic (exact) mass is 490 g/mol. The maximum Gasteiger partial charge on any atom is 0.191 e. The first-order valence-electron chi connectivity index (χ1n) is 9.11. The number of rotatable bonds is 6. The van der Waals surface area contributed by atoms with Crippen molar-refractivity contribution in [1.29, 1.82) is 0 Å². The summed E-state index contributed by atoms with van der Waals surface area (Å²) in [5.74, 6) is 1.98. The normalized spacial score (nSPS) is 12.2. The van der Waals surface area contributed by atoms with Gasteiger partial charge < -0.3 is 10.6 Å². The van der Waals surface area contributed by atoms with Crippen LogP contribution in [0.1, 0.15) is 29.5 Å². The van der Waals surface area contributed by atoms with Crippen LogP contribution in [0.15, 0.2) is 66.0 Å². The van der Waals surface area contributed by atoms with E-state index in [0.29, 0.717) is 12.5 Å². The van der Waals surface area contributed by atoms with E-state index in [0.717, 1.165) is 23.9 Å². The Bertz CT molecular complexity index is 874. The molecule has 28 heavy (non-hydrogen) atoms. The zero-order valence-electron chi connectivity index (χ0n) is 16.5. The standard InChI is InChI=1S/C21H26N6.HI/c1-16-5-7-19(8-6-16)17(2)14-24-21(22-3)25-15-18-9-11-23-20(13-18)27-12-4-10-26-27;/h4-13,17H,14-15H2,1-3H3,(H2,22,24,25);1H. The molecule has 0 amide bonds. The number of hydrogen-bond donors (Lipinski definition) is 2. The number of aromatic nitrogens is 3. The van der Waals surface area contributed by atoms with Crippen LogP contribution in [0.3, 0.4) is 0 Å². The number of halogens is 1. The van der Waals surface area contributed by atoms with E-state index in [-0.39, 0.29) is 24.0 Å². The van der Waals surface area contributed by atoms with E-state index in [2.05, 4.69) is 63.8 Å². The lowest BCUT2D eigenvalue weighted by Gasteiger charge is -2.17. The van der Waals surface area contributed by atoms with E-state index in [9.17, 15) is 0 Å². The van der Waals surface area contributed by atoms with Crippen molar-refractivity contribution in [1.82, 2.24) is 25.4 Å². The molecule has 1 unspecified atom stereocenters. The Morgan fingerprint density at radius 2 is 1.93 bits per heavy atom. The molecular weight excluding hydrogens is 463 g/mol. The van der Waals surface area contributed by atoms with E-state index in [1.807, 2.05) is 24.4 Å². The van der Waals surface area contributed by atoms with Crippen molar-refractivity contribution < 1.29 is 0 Å². The minimum Gasteiger partial charge on any atom is -0.356 e. The summed E-state index contributed by atoms with van der Waals surface area (Å²) in [7, 11) is 1.79. The lowest BCUT2D eigenvalue weighted by atomic mass is 10.0. The summed E-state index contributed by atoms with van der Waals surface area (Å²) in [6.45, 7) is 5.80. The highest BCUT2D eigenvalue weighted by Crippen LogP contribution is 2.14. The van der Waals surface area contributed by atoms with Gasteiger partial charge in [0, 0.05) is 38.7 Å². The van der Waals surface area contributed by atoms with Gasteiger partial charge in [0.1, 0.15) is 0 Å². The van der Waals surface area contributed by atoms with Gasteiger partial charge in [-0.15, -0.1) is 24.0 Å². The van der Waals surface area contributed by atoms with Crippen LogP contribution >= 0.6 is 24.0 Å². The van der Waals surface area contributed by atoms with Crippen molar-refractivity contribution >= 4 is 29.9 Å². The minimum absolute atomic E-state index is 0. The van der Waals surface area contributed by atoms with E-state index < -0.39 is 0 Å². The minimum atomic E-state index is 0. The molecule has 0 aliphatic heterocycles. The molecule has 3 aromatic rings. The molecule has 2 aromatic heterocycles. The number of nitrogens with zero attached hydrogens (tertiary/aromatic N) is 4. The smallest absolute Gasteiger partial charge is 0.191 e. The van der Waals surface area contributed by atoms with E-state index in [1.54, 1.807) is 24.1 Å². The lowest BCUT2D eigenvalue weighted by Crippen LogP contribution is -2.38. The highest BCUT2D eigenvalue weighted by Gasteiger charge is 2.07. The molecule has 0 spiro atoms. The first kappa shape index (κ1) is 21.9. The first-order chi connectivity index (χ1) is 13.2. The molecule has 0 fully saturated rings. The Morgan fingerprint density at radius 3 is 2.61 bits per heavy atom. The fraction of sp³-hybridized carbons (Fsp3) is 0.286. The Hall–Kier alpha value is -2.42. The van der Waals surface area contributed by atoms with Gasteiger partial charge in [-0.2, -0.15) is 5.10 Å². The second-order valence-corrected chi connectivity index (χ2v) is 6.59. The van der Waals surface area contributed by atoms with Crippen molar-refractivity contribution in [2.75, 3.05) is 13.6 Å². The molecule has 0 bridgehead atoms. The third-order valence-corrected chi connectivity index (χ3v) is 4.45. The number of hydrogen-bond acceptors (Lipinski definition) is 3. The molecule has 0 aliphatic carbocycles. The number of benzene rings is 1. The fourth-order valence-corrected chi connectivity index (χ4v) is 2.77. The van der Waals surface area contributed by atoms with Crippen LogP contribution in [0, 0.1) is 6.92 Å². The first-order valence-corrected chi connectivity index (χ1v) is 9.11. The summed E-state index contributed by atoms with van der Waals surface area (Å²) in [6, 6.07) is 14.6. The summed E-state index contributed by atoms with van der Waals surface area (Å²) in [5, 5.41) is 11.0. The van der Waals surface area contributed by atoms with Gasteiger partial charge >= 0.3 is 0 Å². The molecule has 1 aromatic carbocycles. The van der Waals surface area contributed by atoms with Crippen molar-refractivity contribution in [3.63, 3.8) is 0 Å². The summed E-state index contributed by atoms with van der Waals surface area (Å²) in [5.41, 5.74) is 3.72. The topological polar surface area (TPSA) is 67.1 Å². The van der Waals surface area contributed by atoms with Gasteiger partial charge in [-0.05, 0) is 42.2 Å². The maximum absolute atomic E-state index is 4.36. The molecule has 2 heterocycles. The molecular formula is C21H27IN6. The Balaban J connectivity index is 0.00000280. The quantitative estimate of drug-likeness (QED) is 0.315. The van der Waals surface area contributed by atoms with Crippen molar-refractivity contribution in [3.8, 4) is 5.82 Å². The van der Waals surface area contributed by atoms with Crippen molar-refractivity contribution in [2.45, 2.75) is 26.3 Å². The highest BCUT2D eigenvalue weighted by atomic mass is 127. The molecule has 0 saturated heterocycles. The number of nitrogens with one attached hydrogen (secondary N) is 2. The summed E-state index contributed by atoms with van der Waals surface area (Å²) >= 11 is 0. The SMILES string of the molecule is CN=C(NCc1ccnc(-n2cccn2)c1)NCC(C)c1ccc(C)cc1.I. The molecule has 6 nitrogen and oxygen atoms in total. The van der Waals surface area contributed by atoms with Gasteiger partial charge in [-0.25, -0.2) is 9.67 Å². The van der Waals surface area contributed by atoms with Crippen molar-refractivity contribution in [3.05, 3.63) is 77.7 Å². The fourth-order valence-electron chi connectivity index (χ4n) is 2.77. The number of guanidine groups is 1. The third kappa shape index (κ3) is 6.05. The van der Waals surface area contributed by atoms with Gasteiger partial charge in [0.25, 0.3) is 0 Å². The average Bonchev–Trinajstić information content (AvgIpc) is 3.23. The number of aryl methyl sites for hydroxylation is 1. The second kappa shape index (κ2) is 10.8. The summed E-state index contributed by atoms with van der Waals surface area (Å²) in [6.07, 6.45) is 5.42. The summed E-state index contributed by atoms with van der Waals surface area (Å²) in [4.78, 5) is 8.67. The van der Waals surface area contributed by atoms with E-state index >= 15 is 0 Å². The second-order valence-electron chi connectivity index (χ2n) is 6.59. The molecule has 7 heteroatoms. The molecule has 1 atom stereocenters. The molecule has 0 saturated carbocycles. The molecule has 0 radical (unpaired) electrons. The van der Waals surface area contributed by atoms with Crippen LogP contribution in [0.4, 0.5) is 0 Å². The van der Waals surface area contributed by atoms with E-state index in [1.165, 1.54) is 11.1 Å². The van der Waals surface area contributed by atoms with E-state index in [4.69, 9.17) is 0 Å². The zero-order chi connectivity index (χ0) is 19.1. The molecule has 148 valence electrons. The molecule has 2 N–H and O–H groups in total. The predicted molar refractivity (Wildman–Crippen MR) is 125 cm³/mol. The largest absolute Gasteiger partial charge is 0.356 e. The van der Waals surface area contributed by atoms with Gasteiger partial charge in [0.05, 0.1) is 0 Å². The third-order valence-electron chi connectivity index (χ3n) is 4.45. The highest BCUT2D eigenvalue weighted by molar-refractivity contribution is 14.0. The predicted octanol–water partition coefficient (Wildman–Crippen LogP) is 3.66. The summed E-state index contributed by atoms with van der Waals surface area (Å²) < 4.78 is 1.75. The lowest BCUT2D eigenvalue weighted by molar-refractivity contribution is 0.698. The van der Waals surface area contributed by atoms with Crippen LogP contribution in [0.5, 0.6) is 0 Å². The van der Waals surface area contributed by atoms with Gasteiger partial charge in [-0.1, -0.05) is 36.8 Å². The van der Waals surface area contributed by atoms with Crippen molar-refractivity contribution in [2.24, 2.45) is 4.99 Å². The van der Waals surface area contributed by atoms with Crippen LogP contribution < -0.4 is 10.6 Å². The maximum atomic E-state index is 4.36. The van der Waals surface area contributed by atoms with Crippen LogP contribution in [-0.2, 0) is 6.54 Å². The number of aliphatic imine (C=N–C) groups is 1. The Morgan fingerprint density at radius 1 is 1.14 bits per heavy atom.